The molecule has 8 heteroatoms. The molecule has 1 saturated carbocycles. The fourth-order valence-corrected chi connectivity index (χ4v) is 4.34. The van der Waals surface area contributed by atoms with Crippen LogP contribution in [-0.4, -0.2) is 38.0 Å². The zero-order valence-electron chi connectivity index (χ0n) is 16.6. The number of nitrogens with zero attached hydrogens (tertiary/aromatic N) is 3. The van der Waals surface area contributed by atoms with Crippen LogP contribution in [-0.2, 0) is 12.8 Å². The Morgan fingerprint density at radius 3 is 2.83 bits per heavy atom. The minimum Gasteiger partial charge on any atom is -0.451 e. The van der Waals surface area contributed by atoms with Crippen LogP contribution in [0.4, 0.5) is 5.69 Å². The van der Waals surface area contributed by atoms with E-state index in [4.69, 9.17) is 4.42 Å². The van der Waals surface area contributed by atoms with Crippen LogP contribution in [0, 0.1) is 17.0 Å². The first-order valence-corrected chi connectivity index (χ1v) is 10.2. The maximum absolute atomic E-state index is 13.4. The van der Waals surface area contributed by atoms with Gasteiger partial charge in [0, 0.05) is 23.8 Å². The molecule has 154 valence electrons. The van der Waals surface area contributed by atoms with Gasteiger partial charge in [-0.05, 0) is 68.4 Å². The van der Waals surface area contributed by atoms with Gasteiger partial charge in [0.05, 0.1) is 16.7 Å². The Morgan fingerprint density at radius 2 is 2.07 bits per heavy atom. The Morgan fingerprint density at radius 1 is 1.23 bits per heavy atom. The van der Waals surface area contributed by atoms with Gasteiger partial charge in [-0.25, -0.2) is 0 Å². The highest BCUT2D eigenvalue weighted by Gasteiger charge is 2.40. The molecule has 0 spiro atoms. The van der Waals surface area contributed by atoms with Crippen LogP contribution in [0.15, 0.2) is 40.9 Å². The Hall–Kier alpha value is -3.42. The highest BCUT2D eigenvalue weighted by Crippen LogP contribution is 2.36. The van der Waals surface area contributed by atoms with Crippen molar-refractivity contribution >= 4 is 11.6 Å². The third kappa shape index (κ3) is 3.28. The summed E-state index contributed by atoms with van der Waals surface area (Å²) in [5.41, 5.74) is 3.47. The predicted octanol–water partition coefficient (Wildman–Crippen LogP) is 4.05. The van der Waals surface area contributed by atoms with Crippen molar-refractivity contribution in [3.05, 3.63) is 69.2 Å². The third-order valence-corrected chi connectivity index (χ3v) is 5.99. The summed E-state index contributed by atoms with van der Waals surface area (Å²) in [6.45, 7) is 1.80. The van der Waals surface area contributed by atoms with Gasteiger partial charge < -0.3 is 9.32 Å². The van der Waals surface area contributed by atoms with Gasteiger partial charge in [0.15, 0.2) is 5.76 Å². The first-order valence-electron chi connectivity index (χ1n) is 10.2. The van der Waals surface area contributed by atoms with Gasteiger partial charge in [-0.15, -0.1) is 0 Å². The molecule has 0 bridgehead atoms. The summed E-state index contributed by atoms with van der Waals surface area (Å²) in [7, 11) is 0. The van der Waals surface area contributed by atoms with E-state index in [1.807, 2.05) is 11.1 Å². The molecule has 2 aliphatic carbocycles. The molecule has 1 aromatic carbocycles. The van der Waals surface area contributed by atoms with Gasteiger partial charge in [0.1, 0.15) is 5.76 Å². The van der Waals surface area contributed by atoms with Gasteiger partial charge in [-0.2, -0.15) is 5.10 Å². The molecule has 2 heterocycles. The van der Waals surface area contributed by atoms with Gasteiger partial charge in [0.2, 0.25) is 0 Å². The summed E-state index contributed by atoms with van der Waals surface area (Å²) in [5.74, 6) is 0.418. The number of hydrogen-bond donors (Lipinski definition) is 1. The maximum atomic E-state index is 13.4. The highest BCUT2D eigenvalue weighted by molar-refractivity contribution is 5.93. The lowest BCUT2D eigenvalue weighted by atomic mass is 9.92. The first kappa shape index (κ1) is 18.6. The molecule has 30 heavy (non-hydrogen) atoms. The molecule has 0 saturated heterocycles. The number of carbonyl (C=O) groups excluding carboxylic acids is 1. The van der Waals surface area contributed by atoms with Crippen molar-refractivity contribution in [1.82, 2.24) is 15.1 Å². The molecule has 1 N–H and O–H groups in total. The number of hydrogen-bond acceptors (Lipinski definition) is 5. The standard InChI is InChI=1S/C22H22N4O4/c1-13-2-6-17(19(10-13)26(28)29)20-8-9-21(30-20)22(27)25(15-3-4-15)16-5-7-18-14(11-16)12-23-24-18/h2,6,8-10,12,15-16H,3-5,7,11H2,1H3,(H,23,24). The van der Waals surface area contributed by atoms with Crippen molar-refractivity contribution in [2.45, 2.75) is 51.1 Å². The molecule has 1 atom stereocenters. The topological polar surface area (TPSA) is 105 Å². The van der Waals surface area contributed by atoms with E-state index in [9.17, 15) is 14.9 Å². The number of nitro groups is 1. The molecule has 8 nitrogen and oxygen atoms in total. The number of aromatic nitrogens is 2. The average molecular weight is 406 g/mol. The molecule has 1 fully saturated rings. The summed E-state index contributed by atoms with van der Waals surface area (Å²) in [5, 5.41) is 18.6. The highest BCUT2D eigenvalue weighted by atomic mass is 16.6. The summed E-state index contributed by atoms with van der Waals surface area (Å²) >= 11 is 0. The minimum atomic E-state index is -0.423. The summed E-state index contributed by atoms with van der Waals surface area (Å²) in [6, 6.07) is 8.60. The number of rotatable bonds is 5. The predicted molar refractivity (Wildman–Crippen MR) is 109 cm³/mol. The van der Waals surface area contributed by atoms with Crippen LogP contribution in [0.25, 0.3) is 11.3 Å². The Balaban J connectivity index is 1.43. The molecular weight excluding hydrogens is 384 g/mol. The van der Waals surface area contributed by atoms with Crippen molar-refractivity contribution in [2.75, 3.05) is 0 Å². The van der Waals surface area contributed by atoms with E-state index in [1.165, 1.54) is 11.6 Å². The molecule has 0 aliphatic heterocycles. The fourth-order valence-electron chi connectivity index (χ4n) is 4.34. The zero-order chi connectivity index (χ0) is 20.8. The lowest BCUT2D eigenvalue weighted by Crippen LogP contribution is -2.44. The second-order valence-corrected chi connectivity index (χ2v) is 8.16. The summed E-state index contributed by atoms with van der Waals surface area (Å²) in [4.78, 5) is 26.4. The molecule has 2 aromatic heterocycles. The van der Waals surface area contributed by atoms with E-state index in [0.29, 0.717) is 11.3 Å². The molecule has 1 amide bonds. The number of fused-ring (bicyclic) bond motifs is 1. The Kier molecular flexibility index (Phi) is 4.42. The number of amides is 1. The molecule has 1 unspecified atom stereocenters. The number of aromatic amines is 1. The van der Waals surface area contributed by atoms with E-state index < -0.39 is 4.92 Å². The smallest absolute Gasteiger partial charge is 0.290 e. The quantitative estimate of drug-likeness (QED) is 0.508. The maximum Gasteiger partial charge on any atom is 0.290 e. The zero-order valence-corrected chi connectivity index (χ0v) is 16.6. The van der Waals surface area contributed by atoms with Crippen LogP contribution < -0.4 is 0 Å². The van der Waals surface area contributed by atoms with E-state index in [2.05, 4.69) is 10.2 Å². The number of H-pyrrole nitrogens is 1. The summed E-state index contributed by atoms with van der Waals surface area (Å²) in [6.07, 6.45) is 6.38. The first-order chi connectivity index (χ1) is 14.5. The number of benzene rings is 1. The normalized spacial score (nSPS) is 18.1. The van der Waals surface area contributed by atoms with Crippen molar-refractivity contribution < 1.29 is 14.1 Å². The Labute approximate surface area is 173 Å². The van der Waals surface area contributed by atoms with Gasteiger partial charge in [0.25, 0.3) is 11.6 Å². The lowest BCUT2D eigenvalue weighted by molar-refractivity contribution is -0.384. The van der Waals surface area contributed by atoms with Crippen LogP contribution in [0.1, 0.15) is 46.6 Å². The number of aryl methyl sites for hydroxylation is 2. The molecule has 3 aromatic rings. The third-order valence-electron chi connectivity index (χ3n) is 5.99. The minimum absolute atomic E-state index is 0.0258. The van der Waals surface area contributed by atoms with E-state index >= 15 is 0 Å². The van der Waals surface area contributed by atoms with Crippen LogP contribution in [0.2, 0.25) is 0 Å². The number of furan rings is 1. The SMILES string of the molecule is Cc1ccc(-c2ccc(C(=O)N(C3CC3)C3CCc4[nH]ncc4C3)o2)c([N+](=O)[O-])c1. The molecule has 5 rings (SSSR count). The number of nitrogens with one attached hydrogen (secondary N) is 1. The van der Waals surface area contributed by atoms with Gasteiger partial charge >= 0.3 is 0 Å². The fraction of sp³-hybridized carbons (Fsp3) is 0.364. The van der Waals surface area contributed by atoms with Crippen LogP contribution in [0.3, 0.4) is 0 Å². The average Bonchev–Trinajstić information content (AvgIpc) is 3.25. The number of carbonyl (C=O) groups is 1. The lowest BCUT2D eigenvalue weighted by Gasteiger charge is -2.33. The van der Waals surface area contributed by atoms with Crippen molar-refractivity contribution in [3.63, 3.8) is 0 Å². The van der Waals surface area contributed by atoms with E-state index in [-0.39, 0.29) is 29.4 Å². The second kappa shape index (κ2) is 7.12. The van der Waals surface area contributed by atoms with Crippen molar-refractivity contribution in [2.24, 2.45) is 0 Å². The number of nitro benzene ring substituents is 1. The van der Waals surface area contributed by atoms with Gasteiger partial charge in [-0.3, -0.25) is 20.0 Å². The monoisotopic (exact) mass is 406 g/mol. The molecule has 0 radical (unpaired) electrons. The molecular formula is C22H22N4O4. The Bertz CT molecular complexity index is 1130. The summed E-state index contributed by atoms with van der Waals surface area (Å²) < 4.78 is 5.85. The largest absolute Gasteiger partial charge is 0.451 e. The van der Waals surface area contributed by atoms with Crippen molar-refractivity contribution in [1.29, 1.82) is 0 Å². The molecule has 2 aliphatic rings. The van der Waals surface area contributed by atoms with Crippen LogP contribution in [0.5, 0.6) is 0 Å². The second-order valence-electron chi connectivity index (χ2n) is 8.16. The van der Waals surface area contributed by atoms with E-state index in [0.717, 1.165) is 43.4 Å². The van der Waals surface area contributed by atoms with Crippen LogP contribution >= 0.6 is 0 Å². The van der Waals surface area contributed by atoms with E-state index in [1.54, 1.807) is 31.2 Å². The van der Waals surface area contributed by atoms with Gasteiger partial charge in [-0.1, -0.05) is 6.07 Å². The van der Waals surface area contributed by atoms with Crippen molar-refractivity contribution in [3.8, 4) is 11.3 Å².